The van der Waals surface area contributed by atoms with Crippen molar-refractivity contribution in [1.82, 2.24) is 4.72 Å². The second kappa shape index (κ2) is 6.34. The summed E-state index contributed by atoms with van der Waals surface area (Å²) in [6, 6.07) is 3.52. The first kappa shape index (κ1) is 17.9. The number of hydrogen-bond acceptors (Lipinski definition) is 3. The van der Waals surface area contributed by atoms with E-state index >= 15 is 0 Å². The van der Waals surface area contributed by atoms with Crippen molar-refractivity contribution in [1.29, 1.82) is 0 Å². The lowest BCUT2D eigenvalue weighted by molar-refractivity contribution is 0.385. The first-order chi connectivity index (χ1) is 9.49. The lowest BCUT2D eigenvalue weighted by Crippen LogP contribution is -2.34. The van der Waals surface area contributed by atoms with E-state index in [4.69, 9.17) is 9.29 Å². The Morgan fingerprint density at radius 1 is 1.19 bits per heavy atom. The molecule has 21 heavy (non-hydrogen) atoms. The van der Waals surface area contributed by atoms with Crippen LogP contribution in [0, 0.1) is 0 Å². The van der Waals surface area contributed by atoms with Crippen LogP contribution in [-0.2, 0) is 22.1 Å². The Morgan fingerprint density at radius 2 is 1.76 bits per heavy atom. The van der Waals surface area contributed by atoms with Crippen LogP contribution < -0.4 is 9.46 Å². The first-order valence-corrected chi connectivity index (χ1v) is 7.86. The van der Waals surface area contributed by atoms with Gasteiger partial charge in [0.1, 0.15) is 11.5 Å². The average molecular weight is 315 g/mol. The van der Waals surface area contributed by atoms with Gasteiger partial charge in [0.05, 0.1) is 7.11 Å². The highest BCUT2D eigenvalue weighted by atomic mass is 32.2. The van der Waals surface area contributed by atoms with Gasteiger partial charge in [0, 0.05) is 23.1 Å². The van der Waals surface area contributed by atoms with Crippen LogP contribution in [0.1, 0.15) is 45.7 Å². The number of benzene rings is 1. The van der Waals surface area contributed by atoms with Crippen molar-refractivity contribution in [3.63, 3.8) is 0 Å². The van der Waals surface area contributed by atoms with Crippen LogP contribution in [-0.4, -0.2) is 27.5 Å². The molecule has 1 aromatic rings. The molecule has 0 spiro atoms. The molecule has 0 radical (unpaired) electrons. The van der Waals surface area contributed by atoms with Gasteiger partial charge in [0.25, 0.3) is 0 Å². The van der Waals surface area contributed by atoms with Crippen LogP contribution in [0.15, 0.2) is 12.1 Å². The highest BCUT2D eigenvalue weighted by Crippen LogP contribution is 2.40. The Balaban J connectivity index is 3.29. The predicted molar refractivity (Wildman–Crippen MR) is 85.2 cm³/mol. The molecule has 0 aromatic heterocycles. The fourth-order valence-electron chi connectivity index (χ4n) is 2.20. The van der Waals surface area contributed by atoms with Crippen molar-refractivity contribution in [2.24, 2.45) is 0 Å². The molecule has 0 fully saturated rings. The van der Waals surface area contributed by atoms with Crippen molar-refractivity contribution in [2.75, 3.05) is 13.7 Å². The molecule has 0 aliphatic carbocycles. The molecule has 3 N–H and O–H groups in total. The zero-order valence-corrected chi connectivity index (χ0v) is 14.3. The van der Waals surface area contributed by atoms with Crippen LogP contribution >= 0.6 is 0 Å². The molecule has 1 aromatic carbocycles. The minimum atomic E-state index is -2.08. The molecular formula is C15H25NO4S. The largest absolute Gasteiger partial charge is 0.508 e. The van der Waals surface area contributed by atoms with E-state index in [9.17, 15) is 9.32 Å². The minimum absolute atomic E-state index is 0.156. The summed E-state index contributed by atoms with van der Waals surface area (Å²) in [6.45, 7) is 10.2. The molecule has 0 bridgehead atoms. The quantitative estimate of drug-likeness (QED) is 0.730. The number of ether oxygens (including phenoxy) is 1. The van der Waals surface area contributed by atoms with Gasteiger partial charge in [0.15, 0.2) is 0 Å². The fraction of sp³-hybridized carbons (Fsp3) is 0.600. The molecule has 0 aliphatic rings. The number of phenols is 1. The SMILES string of the molecule is COc1cc(C(C)(C)CNS(=O)O)c(O)cc1C(C)(C)C. The van der Waals surface area contributed by atoms with Crippen LogP contribution in [0.5, 0.6) is 11.5 Å². The van der Waals surface area contributed by atoms with Crippen molar-refractivity contribution in [3.8, 4) is 11.5 Å². The van der Waals surface area contributed by atoms with E-state index in [0.29, 0.717) is 11.3 Å². The molecule has 1 rings (SSSR count). The van der Waals surface area contributed by atoms with Gasteiger partial charge in [-0.15, -0.1) is 0 Å². The van der Waals surface area contributed by atoms with E-state index in [2.05, 4.69) is 4.72 Å². The highest BCUT2D eigenvalue weighted by molar-refractivity contribution is 7.77. The van der Waals surface area contributed by atoms with Gasteiger partial charge in [0.2, 0.25) is 11.3 Å². The van der Waals surface area contributed by atoms with Crippen molar-refractivity contribution in [3.05, 3.63) is 23.3 Å². The van der Waals surface area contributed by atoms with Gasteiger partial charge in [-0.3, -0.25) is 4.55 Å². The maximum Gasteiger partial charge on any atom is 0.231 e. The van der Waals surface area contributed by atoms with E-state index in [-0.39, 0.29) is 17.7 Å². The third-order valence-electron chi connectivity index (χ3n) is 3.49. The van der Waals surface area contributed by atoms with Crippen LogP contribution in [0.2, 0.25) is 0 Å². The molecule has 0 amide bonds. The lowest BCUT2D eigenvalue weighted by Gasteiger charge is -2.29. The second-order valence-corrected chi connectivity index (χ2v) is 7.56. The maximum atomic E-state index is 10.8. The van der Waals surface area contributed by atoms with E-state index in [1.807, 2.05) is 34.6 Å². The summed E-state index contributed by atoms with van der Waals surface area (Å²) in [5.74, 6) is 0.866. The smallest absolute Gasteiger partial charge is 0.231 e. The number of nitrogens with one attached hydrogen (secondary N) is 1. The Hall–Kier alpha value is -1.11. The first-order valence-electron chi connectivity index (χ1n) is 6.75. The molecule has 120 valence electrons. The molecule has 1 unspecified atom stereocenters. The summed E-state index contributed by atoms with van der Waals surface area (Å²) in [5, 5.41) is 10.4. The van der Waals surface area contributed by atoms with Crippen LogP contribution in [0.25, 0.3) is 0 Å². The monoisotopic (exact) mass is 315 g/mol. The molecule has 0 saturated carbocycles. The van der Waals surface area contributed by atoms with Gasteiger partial charge in [-0.2, -0.15) is 0 Å². The second-order valence-electron chi connectivity index (χ2n) is 6.77. The lowest BCUT2D eigenvalue weighted by atomic mass is 9.80. The standard InChI is InChI=1S/C15H25NO4S/c1-14(2,3)11-7-12(17)10(8-13(11)20-6)15(4,5)9-16-21(18)19/h7-8,16-17H,9H2,1-6H3,(H,18,19). The van der Waals surface area contributed by atoms with Crippen molar-refractivity contribution >= 4 is 11.3 Å². The number of aromatic hydroxyl groups is 1. The number of phenolic OH excluding ortho intramolecular Hbond substituents is 1. The van der Waals surface area contributed by atoms with Crippen molar-refractivity contribution in [2.45, 2.75) is 45.4 Å². The molecule has 0 saturated heterocycles. The summed E-state index contributed by atoms with van der Waals surface area (Å²) >= 11 is -2.08. The van der Waals surface area contributed by atoms with Gasteiger partial charge in [-0.1, -0.05) is 34.6 Å². The van der Waals surface area contributed by atoms with Gasteiger partial charge >= 0.3 is 0 Å². The Labute approximate surface area is 129 Å². The topological polar surface area (TPSA) is 78.8 Å². The van der Waals surface area contributed by atoms with Gasteiger partial charge in [-0.05, 0) is 17.5 Å². The normalized spacial score (nSPS) is 14.0. The van der Waals surface area contributed by atoms with Crippen LogP contribution in [0.3, 0.4) is 0 Å². The summed E-state index contributed by atoms with van der Waals surface area (Å²) in [4.78, 5) is 0. The maximum absolute atomic E-state index is 10.8. The number of methoxy groups -OCH3 is 1. The molecular weight excluding hydrogens is 290 g/mol. The fourth-order valence-corrected chi connectivity index (χ4v) is 2.69. The summed E-state index contributed by atoms with van der Waals surface area (Å²) in [5.41, 5.74) is 0.911. The van der Waals surface area contributed by atoms with E-state index in [0.717, 1.165) is 5.56 Å². The Morgan fingerprint density at radius 3 is 2.19 bits per heavy atom. The Kier molecular flexibility index (Phi) is 5.41. The third-order valence-corrected chi connectivity index (χ3v) is 3.88. The highest BCUT2D eigenvalue weighted by Gasteiger charge is 2.28. The minimum Gasteiger partial charge on any atom is -0.508 e. The van der Waals surface area contributed by atoms with E-state index < -0.39 is 16.7 Å². The zero-order chi connectivity index (χ0) is 16.4. The molecule has 6 heteroatoms. The summed E-state index contributed by atoms with van der Waals surface area (Å²) < 4.78 is 27.6. The average Bonchev–Trinajstić information content (AvgIpc) is 2.35. The molecule has 0 heterocycles. The van der Waals surface area contributed by atoms with Gasteiger partial charge < -0.3 is 9.84 Å². The van der Waals surface area contributed by atoms with Gasteiger partial charge in [-0.25, -0.2) is 8.93 Å². The summed E-state index contributed by atoms with van der Waals surface area (Å²) in [7, 11) is 1.60. The summed E-state index contributed by atoms with van der Waals surface area (Å²) in [6.07, 6.45) is 0. The molecule has 1 atom stereocenters. The van der Waals surface area contributed by atoms with Crippen LogP contribution in [0.4, 0.5) is 0 Å². The number of hydrogen-bond donors (Lipinski definition) is 3. The van der Waals surface area contributed by atoms with Crippen molar-refractivity contribution < 1.29 is 18.6 Å². The Bertz CT molecular complexity index is 535. The van der Waals surface area contributed by atoms with E-state index in [1.165, 1.54) is 0 Å². The third kappa shape index (κ3) is 4.43. The number of rotatable bonds is 5. The molecule has 5 nitrogen and oxygen atoms in total. The molecule has 0 aliphatic heterocycles. The van der Waals surface area contributed by atoms with E-state index in [1.54, 1.807) is 19.2 Å². The predicted octanol–water partition coefficient (Wildman–Crippen LogP) is 2.70. The zero-order valence-electron chi connectivity index (χ0n) is 13.5.